The van der Waals surface area contributed by atoms with Crippen LogP contribution < -0.4 is 10.5 Å². The summed E-state index contributed by atoms with van der Waals surface area (Å²) in [6.45, 7) is 0. The van der Waals surface area contributed by atoms with E-state index in [-0.39, 0.29) is 22.5 Å². The van der Waals surface area contributed by atoms with Gasteiger partial charge in [0.05, 0.1) is 5.56 Å². The van der Waals surface area contributed by atoms with Crippen LogP contribution in [0.1, 0.15) is 10.4 Å². The molecule has 0 aliphatic rings. The number of hydrogen-bond acceptors (Lipinski definition) is 2. The maximum absolute atomic E-state index is 11.8. The van der Waals surface area contributed by atoms with Gasteiger partial charge in [-0.25, -0.2) is 0 Å². The molecule has 2 N–H and O–H groups in total. The van der Waals surface area contributed by atoms with Crippen molar-refractivity contribution in [1.82, 2.24) is 0 Å². The Morgan fingerprint density at radius 2 is 1.80 bits per heavy atom. The third-order valence-corrected chi connectivity index (χ3v) is 1.38. The lowest BCUT2D eigenvalue weighted by atomic mass is 10.2. The summed E-state index contributed by atoms with van der Waals surface area (Å²) < 4.78 is 39.0. The first-order valence-corrected chi connectivity index (χ1v) is 3.55. The van der Waals surface area contributed by atoms with Gasteiger partial charge in [-0.15, -0.1) is 30.2 Å². The molecule has 84 valence electrons. The number of amides is 1. The van der Waals surface area contributed by atoms with Crippen molar-refractivity contribution in [1.29, 1.82) is 0 Å². The van der Waals surface area contributed by atoms with Crippen LogP contribution in [0.25, 0.3) is 0 Å². The first-order chi connectivity index (χ1) is 6.40. The van der Waals surface area contributed by atoms with Crippen LogP contribution in [0, 0.1) is 0 Å². The summed E-state index contributed by atoms with van der Waals surface area (Å²) in [6.07, 6.45) is -4.83. The third kappa shape index (κ3) is 4.20. The fourth-order valence-corrected chi connectivity index (χ4v) is 0.884. The van der Waals surface area contributed by atoms with Gasteiger partial charge in [-0.3, -0.25) is 4.79 Å². The van der Waals surface area contributed by atoms with Crippen molar-refractivity contribution in [2.75, 3.05) is 0 Å². The topological polar surface area (TPSA) is 52.3 Å². The second-order valence-corrected chi connectivity index (χ2v) is 2.41. The Labute approximate surface area is 93.8 Å². The van der Waals surface area contributed by atoms with E-state index in [0.29, 0.717) is 0 Å². The zero-order valence-corrected chi connectivity index (χ0v) is 8.96. The number of rotatable bonds is 2. The summed E-state index contributed by atoms with van der Waals surface area (Å²) in [6, 6.07) is 4.88. The number of nitrogens with two attached hydrogens (primary N) is 1. The minimum absolute atomic E-state index is 0. The second kappa shape index (κ2) is 5.01. The number of hydrogen-bond donors (Lipinski definition) is 1. The molecule has 0 unspecified atom stereocenters. The first-order valence-electron chi connectivity index (χ1n) is 3.55. The smallest absolute Gasteiger partial charge is 0.405 e. The van der Waals surface area contributed by atoms with E-state index in [2.05, 4.69) is 4.74 Å². The molecule has 0 fully saturated rings. The van der Waals surface area contributed by atoms with E-state index < -0.39 is 18.0 Å². The number of halogens is 4. The molecule has 0 heterocycles. The molecule has 0 bridgehead atoms. The third-order valence-electron chi connectivity index (χ3n) is 1.38. The van der Waals surface area contributed by atoms with Gasteiger partial charge < -0.3 is 10.5 Å². The summed E-state index contributed by atoms with van der Waals surface area (Å²) in [5.74, 6) is -1.56. The number of ether oxygens (including phenoxy) is 1. The fourth-order valence-electron chi connectivity index (χ4n) is 0.884. The SMILES string of the molecule is Br.NC(=O)c1ccccc1OC(F)(F)F. The molecule has 15 heavy (non-hydrogen) atoms. The summed E-state index contributed by atoms with van der Waals surface area (Å²) in [5.41, 5.74) is 4.55. The van der Waals surface area contributed by atoms with Gasteiger partial charge in [0.15, 0.2) is 0 Å². The van der Waals surface area contributed by atoms with E-state index in [1.54, 1.807) is 0 Å². The predicted molar refractivity (Wildman–Crippen MR) is 52.0 cm³/mol. The number of carbonyl (C=O) groups excluding carboxylic acids is 1. The molecule has 0 radical (unpaired) electrons. The average molecular weight is 286 g/mol. The Hall–Kier alpha value is -1.24. The van der Waals surface area contributed by atoms with Gasteiger partial charge in [-0.2, -0.15) is 0 Å². The molecule has 1 aromatic carbocycles. The molecule has 1 rings (SSSR count). The highest BCUT2D eigenvalue weighted by Gasteiger charge is 2.32. The molecule has 0 aliphatic carbocycles. The average Bonchev–Trinajstić information content (AvgIpc) is 2.01. The molecular weight excluding hydrogens is 279 g/mol. The van der Waals surface area contributed by atoms with Gasteiger partial charge in [0.2, 0.25) is 0 Å². The summed E-state index contributed by atoms with van der Waals surface area (Å²) >= 11 is 0. The molecule has 0 aromatic heterocycles. The van der Waals surface area contributed by atoms with Crippen LogP contribution in [-0.4, -0.2) is 12.3 Å². The molecule has 0 spiro atoms. The highest BCUT2D eigenvalue weighted by molar-refractivity contribution is 8.93. The normalized spacial score (nSPS) is 10.3. The Morgan fingerprint density at radius 1 is 1.27 bits per heavy atom. The van der Waals surface area contributed by atoms with Crippen molar-refractivity contribution >= 4 is 22.9 Å². The zero-order chi connectivity index (χ0) is 10.8. The van der Waals surface area contributed by atoms with Crippen LogP contribution >= 0.6 is 17.0 Å². The van der Waals surface area contributed by atoms with Crippen molar-refractivity contribution in [2.24, 2.45) is 5.73 Å². The van der Waals surface area contributed by atoms with Gasteiger partial charge in [0.1, 0.15) is 5.75 Å². The summed E-state index contributed by atoms with van der Waals surface area (Å²) in [7, 11) is 0. The van der Waals surface area contributed by atoms with Crippen molar-refractivity contribution < 1.29 is 22.7 Å². The van der Waals surface area contributed by atoms with E-state index in [4.69, 9.17) is 5.73 Å². The monoisotopic (exact) mass is 285 g/mol. The largest absolute Gasteiger partial charge is 0.573 e. The molecular formula is C8H7BrF3NO2. The van der Waals surface area contributed by atoms with Gasteiger partial charge in [-0.1, -0.05) is 12.1 Å². The van der Waals surface area contributed by atoms with Gasteiger partial charge >= 0.3 is 6.36 Å². The number of benzene rings is 1. The molecule has 0 aliphatic heterocycles. The molecule has 0 atom stereocenters. The summed E-state index contributed by atoms with van der Waals surface area (Å²) in [4.78, 5) is 10.7. The van der Waals surface area contributed by atoms with E-state index in [1.165, 1.54) is 12.1 Å². The van der Waals surface area contributed by atoms with E-state index in [9.17, 15) is 18.0 Å². The highest BCUT2D eigenvalue weighted by atomic mass is 79.9. The van der Waals surface area contributed by atoms with E-state index >= 15 is 0 Å². The number of alkyl halides is 3. The van der Waals surface area contributed by atoms with Crippen LogP contribution in [0.2, 0.25) is 0 Å². The predicted octanol–water partition coefficient (Wildman–Crippen LogP) is 2.26. The van der Waals surface area contributed by atoms with E-state index in [0.717, 1.165) is 12.1 Å². The van der Waals surface area contributed by atoms with Crippen molar-refractivity contribution in [3.63, 3.8) is 0 Å². The van der Waals surface area contributed by atoms with E-state index in [1.807, 2.05) is 0 Å². The standard InChI is InChI=1S/C8H6F3NO2.BrH/c9-8(10,11)14-6-4-2-1-3-5(6)7(12)13;/h1-4H,(H2,12,13);1H. The lowest BCUT2D eigenvalue weighted by Gasteiger charge is -2.10. The summed E-state index contributed by atoms with van der Waals surface area (Å²) in [5, 5.41) is 0. The molecule has 0 saturated carbocycles. The maximum atomic E-state index is 11.8. The quantitative estimate of drug-likeness (QED) is 0.906. The number of primary amides is 1. The van der Waals surface area contributed by atoms with Crippen LogP contribution in [0.5, 0.6) is 5.75 Å². The van der Waals surface area contributed by atoms with Crippen LogP contribution in [0.3, 0.4) is 0 Å². The maximum Gasteiger partial charge on any atom is 0.573 e. The molecule has 0 saturated heterocycles. The Morgan fingerprint density at radius 3 is 2.27 bits per heavy atom. The molecule has 3 nitrogen and oxygen atoms in total. The van der Waals surface area contributed by atoms with Crippen molar-refractivity contribution in [3.05, 3.63) is 29.8 Å². The van der Waals surface area contributed by atoms with Gasteiger partial charge in [0, 0.05) is 0 Å². The molecule has 7 heteroatoms. The Bertz CT molecular complexity index is 354. The first kappa shape index (κ1) is 13.8. The number of para-hydroxylation sites is 1. The second-order valence-electron chi connectivity index (χ2n) is 2.41. The number of carbonyl (C=O) groups is 1. The van der Waals surface area contributed by atoms with Crippen LogP contribution in [0.4, 0.5) is 13.2 Å². The van der Waals surface area contributed by atoms with Crippen LogP contribution in [0.15, 0.2) is 24.3 Å². The van der Waals surface area contributed by atoms with Gasteiger partial charge in [-0.05, 0) is 12.1 Å². The highest BCUT2D eigenvalue weighted by Crippen LogP contribution is 2.25. The lowest BCUT2D eigenvalue weighted by Crippen LogP contribution is -2.20. The zero-order valence-electron chi connectivity index (χ0n) is 7.25. The Balaban J connectivity index is 0.00000196. The molecule has 1 amide bonds. The fraction of sp³-hybridized carbons (Fsp3) is 0.125. The minimum atomic E-state index is -4.83. The Kier molecular flexibility index (Phi) is 4.60. The minimum Gasteiger partial charge on any atom is -0.405 e. The molecule has 1 aromatic rings. The lowest BCUT2D eigenvalue weighted by molar-refractivity contribution is -0.274. The van der Waals surface area contributed by atoms with Gasteiger partial charge in [0.25, 0.3) is 5.91 Å². The van der Waals surface area contributed by atoms with Crippen molar-refractivity contribution in [3.8, 4) is 5.75 Å². The van der Waals surface area contributed by atoms with Crippen LogP contribution in [-0.2, 0) is 0 Å². The van der Waals surface area contributed by atoms with Crippen molar-refractivity contribution in [2.45, 2.75) is 6.36 Å².